The van der Waals surface area contributed by atoms with Crippen molar-refractivity contribution in [1.29, 1.82) is 0 Å². The van der Waals surface area contributed by atoms with Crippen LogP contribution in [0.4, 0.5) is 0 Å². The molecule has 70 valence electrons. The molecule has 0 amide bonds. The van der Waals surface area contributed by atoms with Crippen molar-refractivity contribution in [1.82, 2.24) is 5.32 Å². The lowest BCUT2D eigenvalue weighted by atomic mass is 10.2. The molecule has 2 heteroatoms. The Hall–Kier alpha value is -0.340. The van der Waals surface area contributed by atoms with Gasteiger partial charge in [0.2, 0.25) is 0 Å². The molecule has 0 aromatic heterocycles. The fourth-order valence-corrected chi connectivity index (χ4v) is 1.74. The van der Waals surface area contributed by atoms with Gasteiger partial charge in [0.15, 0.2) is 0 Å². The molecular weight excluding hydrogens is 226 g/mol. The highest BCUT2D eigenvalue weighted by Gasteiger charge is 2.36. The molecule has 0 radical (unpaired) electrons. The van der Waals surface area contributed by atoms with Crippen LogP contribution in [0.3, 0.4) is 0 Å². The van der Waals surface area contributed by atoms with E-state index in [0.717, 1.165) is 6.54 Å². The highest BCUT2D eigenvalue weighted by Crippen LogP contribution is 2.34. The van der Waals surface area contributed by atoms with Crippen LogP contribution in [0.1, 0.15) is 25.3 Å². The van der Waals surface area contributed by atoms with Gasteiger partial charge in [-0.2, -0.15) is 0 Å². The van der Waals surface area contributed by atoms with Gasteiger partial charge in [-0.05, 0) is 31.4 Å². The maximum Gasteiger partial charge on any atom is 0.0221 e. The second-order valence-corrected chi connectivity index (χ2v) is 4.86. The summed E-state index contributed by atoms with van der Waals surface area (Å²) in [7, 11) is 0. The van der Waals surface area contributed by atoms with E-state index in [2.05, 4.69) is 46.4 Å². The summed E-state index contributed by atoms with van der Waals surface area (Å²) >= 11 is 3.54. The van der Waals surface area contributed by atoms with Crippen molar-refractivity contribution in [3.05, 3.63) is 34.3 Å². The molecule has 1 saturated carbocycles. The standard InChI is InChI=1S/C11H14BrN/c1-11(6-7-11)13-8-9-4-2-3-5-10(9)12/h2-5,13H,6-8H2,1H3. The average Bonchev–Trinajstić information content (AvgIpc) is 2.83. The minimum absolute atomic E-state index is 0.426. The van der Waals surface area contributed by atoms with Gasteiger partial charge in [0.25, 0.3) is 0 Å². The molecule has 2 rings (SSSR count). The molecule has 0 spiro atoms. The summed E-state index contributed by atoms with van der Waals surface area (Å²) in [6.07, 6.45) is 2.63. The molecule has 1 fully saturated rings. The summed E-state index contributed by atoms with van der Waals surface area (Å²) < 4.78 is 1.20. The molecule has 0 aliphatic heterocycles. The lowest BCUT2D eigenvalue weighted by molar-refractivity contribution is 0.537. The van der Waals surface area contributed by atoms with Crippen molar-refractivity contribution < 1.29 is 0 Å². The van der Waals surface area contributed by atoms with Crippen molar-refractivity contribution in [3.8, 4) is 0 Å². The Kier molecular flexibility index (Phi) is 2.43. The summed E-state index contributed by atoms with van der Waals surface area (Å²) in [6, 6.07) is 8.37. The molecular formula is C11H14BrN. The number of hydrogen-bond acceptors (Lipinski definition) is 1. The molecule has 0 bridgehead atoms. The lowest BCUT2D eigenvalue weighted by Gasteiger charge is -2.11. The van der Waals surface area contributed by atoms with Gasteiger partial charge in [-0.15, -0.1) is 0 Å². The molecule has 1 aromatic carbocycles. The lowest BCUT2D eigenvalue weighted by Crippen LogP contribution is -2.27. The van der Waals surface area contributed by atoms with Gasteiger partial charge in [0.05, 0.1) is 0 Å². The second kappa shape index (κ2) is 3.43. The molecule has 0 heterocycles. The predicted octanol–water partition coefficient (Wildman–Crippen LogP) is 3.09. The number of hydrogen-bond donors (Lipinski definition) is 1. The van der Waals surface area contributed by atoms with E-state index in [-0.39, 0.29) is 0 Å². The van der Waals surface area contributed by atoms with E-state index < -0.39 is 0 Å². The van der Waals surface area contributed by atoms with E-state index in [1.165, 1.54) is 22.9 Å². The highest BCUT2D eigenvalue weighted by molar-refractivity contribution is 9.10. The van der Waals surface area contributed by atoms with Gasteiger partial charge in [-0.1, -0.05) is 34.1 Å². The molecule has 1 aliphatic rings. The number of rotatable bonds is 3. The van der Waals surface area contributed by atoms with E-state index in [9.17, 15) is 0 Å². The SMILES string of the molecule is CC1(NCc2ccccc2Br)CC1. The first-order valence-corrected chi connectivity index (χ1v) is 5.47. The van der Waals surface area contributed by atoms with Gasteiger partial charge in [0.1, 0.15) is 0 Å². The normalized spacial score (nSPS) is 18.6. The predicted molar refractivity (Wildman–Crippen MR) is 58.6 cm³/mol. The van der Waals surface area contributed by atoms with Gasteiger partial charge < -0.3 is 5.32 Å². The number of nitrogens with one attached hydrogen (secondary N) is 1. The Morgan fingerprint density at radius 1 is 1.38 bits per heavy atom. The quantitative estimate of drug-likeness (QED) is 0.856. The number of halogens is 1. The van der Waals surface area contributed by atoms with E-state index in [1.807, 2.05) is 6.07 Å². The summed E-state index contributed by atoms with van der Waals surface area (Å²) in [5, 5.41) is 3.56. The van der Waals surface area contributed by atoms with Crippen LogP contribution < -0.4 is 5.32 Å². The van der Waals surface area contributed by atoms with Crippen molar-refractivity contribution in [2.75, 3.05) is 0 Å². The maximum atomic E-state index is 3.56. The Balaban J connectivity index is 1.97. The zero-order chi connectivity index (χ0) is 9.31. The third kappa shape index (κ3) is 2.32. The molecule has 1 aromatic rings. The molecule has 1 N–H and O–H groups in total. The monoisotopic (exact) mass is 239 g/mol. The Labute approximate surface area is 87.7 Å². The first-order valence-electron chi connectivity index (χ1n) is 4.68. The van der Waals surface area contributed by atoms with E-state index in [0.29, 0.717) is 5.54 Å². The van der Waals surface area contributed by atoms with Gasteiger partial charge in [0, 0.05) is 16.6 Å². The van der Waals surface area contributed by atoms with Gasteiger partial charge in [-0.25, -0.2) is 0 Å². The van der Waals surface area contributed by atoms with Crippen LogP contribution in [0.2, 0.25) is 0 Å². The Bertz CT molecular complexity index is 305. The maximum absolute atomic E-state index is 3.56. The summed E-state index contributed by atoms with van der Waals surface area (Å²) in [6.45, 7) is 3.25. The van der Waals surface area contributed by atoms with E-state index in [1.54, 1.807) is 0 Å². The Morgan fingerprint density at radius 3 is 2.69 bits per heavy atom. The summed E-state index contributed by atoms with van der Waals surface area (Å²) in [4.78, 5) is 0. The van der Waals surface area contributed by atoms with Crippen molar-refractivity contribution in [2.45, 2.75) is 31.8 Å². The minimum atomic E-state index is 0.426. The van der Waals surface area contributed by atoms with Crippen LogP contribution in [0.25, 0.3) is 0 Å². The molecule has 13 heavy (non-hydrogen) atoms. The average molecular weight is 240 g/mol. The molecule has 0 unspecified atom stereocenters. The van der Waals surface area contributed by atoms with Crippen LogP contribution in [0.15, 0.2) is 28.7 Å². The van der Waals surface area contributed by atoms with Crippen LogP contribution in [-0.2, 0) is 6.54 Å². The highest BCUT2D eigenvalue weighted by atomic mass is 79.9. The minimum Gasteiger partial charge on any atom is -0.307 e. The fraction of sp³-hybridized carbons (Fsp3) is 0.455. The number of benzene rings is 1. The zero-order valence-electron chi connectivity index (χ0n) is 7.81. The third-order valence-electron chi connectivity index (χ3n) is 2.66. The third-order valence-corrected chi connectivity index (χ3v) is 3.44. The fourth-order valence-electron chi connectivity index (χ4n) is 1.31. The summed E-state index contributed by atoms with van der Waals surface area (Å²) in [5.74, 6) is 0. The van der Waals surface area contributed by atoms with Crippen LogP contribution in [0, 0.1) is 0 Å². The van der Waals surface area contributed by atoms with Crippen LogP contribution in [0.5, 0.6) is 0 Å². The van der Waals surface area contributed by atoms with Gasteiger partial charge >= 0.3 is 0 Å². The van der Waals surface area contributed by atoms with Crippen molar-refractivity contribution in [3.63, 3.8) is 0 Å². The van der Waals surface area contributed by atoms with E-state index >= 15 is 0 Å². The van der Waals surface area contributed by atoms with E-state index in [4.69, 9.17) is 0 Å². The molecule has 0 atom stereocenters. The van der Waals surface area contributed by atoms with Gasteiger partial charge in [-0.3, -0.25) is 0 Å². The molecule has 1 nitrogen and oxygen atoms in total. The molecule has 1 aliphatic carbocycles. The first-order chi connectivity index (χ1) is 6.20. The Morgan fingerprint density at radius 2 is 2.08 bits per heavy atom. The van der Waals surface area contributed by atoms with Crippen LogP contribution in [-0.4, -0.2) is 5.54 Å². The first kappa shape index (κ1) is 9.22. The topological polar surface area (TPSA) is 12.0 Å². The van der Waals surface area contributed by atoms with Crippen molar-refractivity contribution >= 4 is 15.9 Å². The smallest absolute Gasteiger partial charge is 0.0221 e. The van der Waals surface area contributed by atoms with Crippen molar-refractivity contribution in [2.24, 2.45) is 0 Å². The summed E-state index contributed by atoms with van der Waals surface area (Å²) in [5.41, 5.74) is 1.77. The molecule has 0 saturated heterocycles. The second-order valence-electron chi connectivity index (χ2n) is 4.01. The van der Waals surface area contributed by atoms with Crippen LogP contribution >= 0.6 is 15.9 Å². The largest absolute Gasteiger partial charge is 0.307 e. The zero-order valence-corrected chi connectivity index (χ0v) is 9.39.